The summed E-state index contributed by atoms with van der Waals surface area (Å²) in [5.41, 5.74) is 0.984. The van der Waals surface area contributed by atoms with Gasteiger partial charge in [-0.3, -0.25) is 4.79 Å². The number of halogens is 1. The normalized spacial score (nSPS) is 15.6. The second-order valence-corrected chi connectivity index (χ2v) is 6.32. The highest BCUT2D eigenvalue weighted by Gasteiger charge is 2.20. The number of methoxy groups -OCH3 is 2. The third-order valence-corrected chi connectivity index (χ3v) is 4.55. The maximum atomic E-state index is 11.3. The van der Waals surface area contributed by atoms with Gasteiger partial charge in [-0.2, -0.15) is 0 Å². The molecule has 0 aliphatic carbocycles. The molecule has 0 radical (unpaired) electrons. The SMILES string of the molecule is COc1cc(Cl)cc(CNCC2CCN(C(C)=O)CC2)c1OC. The van der Waals surface area contributed by atoms with E-state index in [1.807, 2.05) is 11.0 Å². The van der Waals surface area contributed by atoms with Crippen LogP contribution in [-0.4, -0.2) is 44.7 Å². The fourth-order valence-corrected chi connectivity index (χ4v) is 3.23. The number of nitrogens with one attached hydrogen (secondary N) is 1. The molecular weight excluding hydrogens is 316 g/mol. The number of benzene rings is 1. The molecule has 1 aromatic rings. The molecule has 1 amide bonds. The Morgan fingerprint density at radius 1 is 1.30 bits per heavy atom. The van der Waals surface area contributed by atoms with Gasteiger partial charge in [0.1, 0.15) is 0 Å². The van der Waals surface area contributed by atoms with E-state index >= 15 is 0 Å². The number of rotatable bonds is 6. The van der Waals surface area contributed by atoms with Crippen molar-refractivity contribution in [3.8, 4) is 11.5 Å². The minimum atomic E-state index is 0.173. The van der Waals surface area contributed by atoms with E-state index in [0.29, 0.717) is 23.2 Å². The summed E-state index contributed by atoms with van der Waals surface area (Å²) in [5.74, 6) is 2.13. The van der Waals surface area contributed by atoms with Gasteiger partial charge in [-0.1, -0.05) is 11.6 Å². The van der Waals surface area contributed by atoms with Crippen LogP contribution in [0.4, 0.5) is 0 Å². The van der Waals surface area contributed by atoms with Crippen LogP contribution in [0.2, 0.25) is 5.02 Å². The van der Waals surface area contributed by atoms with Crippen molar-refractivity contribution in [2.45, 2.75) is 26.3 Å². The van der Waals surface area contributed by atoms with Crippen molar-refractivity contribution in [2.75, 3.05) is 33.9 Å². The van der Waals surface area contributed by atoms with Crippen molar-refractivity contribution in [3.63, 3.8) is 0 Å². The van der Waals surface area contributed by atoms with Crippen LogP contribution in [0.1, 0.15) is 25.3 Å². The van der Waals surface area contributed by atoms with Crippen LogP contribution in [0, 0.1) is 5.92 Å². The standard InChI is InChI=1S/C17H25ClN2O3/c1-12(21)20-6-4-13(5-7-20)10-19-11-14-8-15(18)9-16(22-2)17(14)23-3/h8-9,13,19H,4-7,10-11H2,1-3H3. The summed E-state index contributed by atoms with van der Waals surface area (Å²) in [6.07, 6.45) is 2.09. The molecular formula is C17H25ClN2O3. The fraction of sp³-hybridized carbons (Fsp3) is 0.588. The van der Waals surface area contributed by atoms with Gasteiger partial charge in [-0.05, 0) is 31.4 Å². The smallest absolute Gasteiger partial charge is 0.219 e. The molecule has 6 heteroatoms. The molecule has 1 N–H and O–H groups in total. The van der Waals surface area contributed by atoms with Crippen LogP contribution in [0.25, 0.3) is 0 Å². The summed E-state index contributed by atoms with van der Waals surface area (Å²) in [5, 5.41) is 4.10. The molecule has 2 rings (SSSR count). The lowest BCUT2D eigenvalue weighted by Crippen LogP contribution is -2.39. The Balaban J connectivity index is 1.87. The van der Waals surface area contributed by atoms with Crippen molar-refractivity contribution in [1.82, 2.24) is 10.2 Å². The maximum absolute atomic E-state index is 11.3. The quantitative estimate of drug-likeness (QED) is 0.865. The molecule has 0 atom stereocenters. The lowest BCUT2D eigenvalue weighted by molar-refractivity contribution is -0.130. The Morgan fingerprint density at radius 3 is 2.57 bits per heavy atom. The molecule has 1 fully saturated rings. The summed E-state index contributed by atoms with van der Waals surface area (Å²) in [4.78, 5) is 13.3. The summed E-state index contributed by atoms with van der Waals surface area (Å²) in [7, 11) is 3.24. The fourth-order valence-electron chi connectivity index (χ4n) is 3.00. The first-order valence-corrected chi connectivity index (χ1v) is 8.29. The highest BCUT2D eigenvalue weighted by molar-refractivity contribution is 6.30. The van der Waals surface area contributed by atoms with Crippen molar-refractivity contribution >= 4 is 17.5 Å². The van der Waals surface area contributed by atoms with Gasteiger partial charge in [0, 0.05) is 43.2 Å². The van der Waals surface area contributed by atoms with E-state index in [4.69, 9.17) is 21.1 Å². The van der Waals surface area contributed by atoms with Crippen LogP contribution in [-0.2, 0) is 11.3 Å². The largest absolute Gasteiger partial charge is 0.493 e. The highest BCUT2D eigenvalue weighted by Crippen LogP contribution is 2.34. The van der Waals surface area contributed by atoms with Crippen molar-refractivity contribution in [1.29, 1.82) is 0 Å². The zero-order valence-electron chi connectivity index (χ0n) is 14.0. The van der Waals surface area contributed by atoms with Crippen LogP contribution in [0.3, 0.4) is 0 Å². The lowest BCUT2D eigenvalue weighted by atomic mass is 9.96. The molecule has 0 saturated carbocycles. The Hall–Kier alpha value is -1.46. The minimum absolute atomic E-state index is 0.173. The van der Waals surface area contributed by atoms with E-state index in [1.165, 1.54) is 0 Å². The van der Waals surface area contributed by atoms with E-state index in [1.54, 1.807) is 27.2 Å². The van der Waals surface area contributed by atoms with Gasteiger partial charge < -0.3 is 19.7 Å². The van der Waals surface area contributed by atoms with Gasteiger partial charge in [-0.15, -0.1) is 0 Å². The van der Waals surface area contributed by atoms with Crippen LogP contribution < -0.4 is 14.8 Å². The van der Waals surface area contributed by atoms with Crippen LogP contribution in [0.5, 0.6) is 11.5 Å². The predicted molar refractivity (Wildman–Crippen MR) is 91.2 cm³/mol. The highest BCUT2D eigenvalue weighted by atomic mass is 35.5. The third kappa shape index (κ3) is 4.75. The topological polar surface area (TPSA) is 50.8 Å². The second-order valence-electron chi connectivity index (χ2n) is 5.88. The molecule has 5 nitrogen and oxygen atoms in total. The molecule has 1 aliphatic heterocycles. The number of hydrogen-bond donors (Lipinski definition) is 1. The zero-order valence-corrected chi connectivity index (χ0v) is 14.8. The number of carbonyl (C=O) groups excluding carboxylic acids is 1. The molecule has 0 spiro atoms. The molecule has 1 aliphatic rings. The molecule has 1 heterocycles. The van der Waals surface area contributed by atoms with Crippen molar-refractivity contribution < 1.29 is 14.3 Å². The average Bonchev–Trinajstić information content (AvgIpc) is 2.54. The van der Waals surface area contributed by atoms with E-state index in [2.05, 4.69) is 5.32 Å². The van der Waals surface area contributed by atoms with Gasteiger partial charge in [0.25, 0.3) is 0 Å². The molecule has 0 unspecified atom stereocenters. The first-order chi connectivity index (χ1) is 11.0. The molecule has 0 bridgehead atoms. The number of amides is 1. The van der Waals surface area contributed by atoms with Crippen LogP contribution in [0.15, 0.2) is 12.1 Å². The van der Waals surface area contributed by atoms with Crippen molar-refractivity contribution in [2.24, 2.45) is 5.92 Å². The number of nitrogens with zero attached hydrogens (tertiary/aromatic N) is 1. The summed E-state index contributed by atoms with van der Waals surface area (Å²) < 4.78 is 10.8. The van der Waals surface area contributed by atoms with Gasteiger partial charge in [0.2, 0.25) is 5.91 Å². The lowest BCUT2D eigenvalue weighted by Gasteiger charge is -2.31. The van der Waals surface area contributed by atoms with Gasteiger partial charge in [0.15, 0.2) is 11.5 Å². The summed E-state index contributed by atoms with van der Waals surface area (Å²) in [6.45, 7) is 4.94. The van der Waals surface area contributed by atoms with Crippen LogP contribution >= 0.6 is 11.6 Å². The number of likely N-dealkylation sites (tertiary alicyclic amines) is 1. The Labute approximate surface area is 142 Å². The molecule has 1 aromatic carbocycles. The average molecular weight is 341 g/mol. The molecule has 128 valence electrons. The number of ether oxygens (including phenoxy) is 2. The van der Waals surface area contributed by atoms with E-state index in [9.17, 15) is 4.79 Å². The zero-order chi connectivity index (χ0) is 16.8. The Morgan fingerprint density at radius 2 is 2.00 bits per heavy atom. The van der Waals surface area contributed by atoms with Crippen molar-refractivity contribution in [3.05, 3.63) is 22.7 Å². The maximum Gasteiger partial charge on any atom is 0.219 e. The van der Waals surface area contributed by atoms with Gasteiger partial charge in [0.05, 0.1) is 14.2 Å². The van der Waals surface area contributed by atoms with Gasteiger partial charge >= 0.3 is 0 Å². The molecule has 1 saturated heterocycles. The molecule has 0 aromatic heterocycles. The number of carbonyl (C=O) groups is 1. The van der Waals surface area contributed by atoms with Gasteiger partial charge in [-0.25, -0.2) is 0 Å². The van der Waals surface area contributed by atoms with E-state index in [0.717, 1.165) is 43.8 Å². The monoisotopic (exact) mass is 340 g/mol. The Kier molecular flexibility index (Phi) is 6.54. The number of hydrogen-bond acceptors (Lipinski definition) is 4. The molecule has 23 heavy (non-hydrogen) atoms. The first-order valence-electron chi connectivity index (χ1n) is 7.91. The third-order valence-electron chi connectivity index (χ3n) is 4.33. The Bertz CT molecular complexity index is 543. The summed E-state index contributed by atoms with van der Waals surface area (Å²) >= 11 is 6.13. The van der Waals surface area contributed by atoms with E-state index in [-0.39, 0.29) is 5.91 Å². The first kappa shape index (κ1) is 17.9. The summed E-state index contributed by atoms with van der Waals surface area (Å²) in [6, 6.07) is 3.65. The number of piperidine rings is 1. The minimum Gasteiger partial charge on any atom is -0.493 e. The van der Waals surface area contributed by atoms with E-state index < -0.39 is 0 Å². The predicted octanol–water partition coefficient (Wildman–Crippen LogP) is 2.71. The second kappa shape index (κ2) is 8.41.